The van der Waals surface area contributed by atoms with Gasteiger partial charge in [0.25, 0.3) is 0 Å². The fraction of sp³-hybridized carbons (Fsp3) is 0.316. The quantitative estimate of drug-likeness (QED) is 0.631. The smallest absolute Gasteiger partial charge is 0.241 e. The lowest BCUT2D eigenvalue weighted by Crippen LogP contribution is -2.27. The maximum Gasteiger partial charge on any atom is 0.241 e. The molecule has 0 radical (unpaired) electrons. The zero-order valence-electron chi connectivity index (χ0n) is 16.4. The van der Waals surface area contributed by atoms with Gasteiger partial charge in [-0.2, -0.15) is 0 Å². The first-order chi connectivity index (χ1) is 13.2. The molecule has 0 aliphatic heterocycles. The van der Waals surface area contributed by atoms with E-state index in [9.17, 15) is 13.2 Å². The molecule has 2 aromatic carbocycles. The van der Waals surface area contributed by atoms with Crippen LogP contribution in [0, 0.1) is 0 Å². The van der Waals surface area contributed by atoms with E-state index in [1.165, 1.54) is 45.0 Å². The summed E-state index contributed by atoms with van der Waals surface area (Å²) in [4.78, 5) is 12.3. The number of amides is 1. The lowest BCUT2D eigenvalue weighted by Gasteiger charge is -2.19. The Morgan fingerprint density at radius 3 is 2.39 bits per heavy atom. The minimum Gasteiger partial charge on any atom is -0.497 e. The number of carbonyl (C=O) groups is 1. The number of nitrogens with one attached hydrogen (secondary N) is 2. The van der Waals surface area contributed by atoms with Crippen molar-refractivity contribution < 1.29 is 22.7 Å². The van der Waals surface area contributed by atoms with Crippen LogP contribution in [-0.4, -0.2) is 34.8 Å². The maximum atomic E-state index is 12.9. The number of ether oxygens (including phenoxy) is 2. The van der Waals surface area contributed by atoms with E-state index in [0.29, 0.717) is 22.7 Å². The van der Waals surface area contributed by atoms with Crippen molar-refractivity contribution in [3.63, 3.8) is 0 Å². The van der Waals surface area contributed by atoms with Crippen molar-refractivity contribution in [2.24, 2.45) is 0 Å². The molecular weight excluding hydrogens is 400 g/mol. The van der Waals surface area contributed by atoms with E-state index in [1.54, 1.807) is 31.2 Å². The van der Waals surface area contributed by atoms with Gasteiger partial charge in [0, 0.05) is 23.4 Å². The molecule has 0 spiro atoms. The lowest BCUT2D eigenvalue weighted by atomic mass is 10.1. The third kappa shape index (κ3) is 5.18. The zero-order chi connectivity index (χ0) is 20.9. The summed E-state index contributed by atoms with van der Waals surface area (Å²) in [7, 11) is -0.782. The first-order valence-corrected chi connectivity index (χ1v) is 11.1. The highest BCUT2D eigenvalue weighted by Gasteiger charge is 2.22. The standard InChI is InChI=1S/C19H24N2O5S2/c1-12(16-10-14(25-3)6-8-18(16)26-4)21-28(23,24)15-7-9-19(27-5)17(11-15)20-13(2)22/h6-12,21H,1-5H3,(H,20,22)/t12-/m0/s1. The van der Waals surface area contributed by atoms with Gasteiger partial charge in [0.1, 0.15) is 11.5 Å². The summed E-state index contributed by atoms with van der Waals surface area (Å²) in [6.07, 6.45) is 1.85. The molecule has 2 aromatic rings. The topological polar surface area (TPSA) is 93.7 Å². The van der Waals surface area contributed by atoms with E-state index in [0.717, 1.165) is 4.90 Å². The highest BCUT2D eigenvalue weighted by atomic mass is 32.2. The van der Waals surface area contributed by atoms with Crippen LogP contribution in [0.4, 0.5) is 5.69 Å². The van der Waals surface area contributed by atoms with Gasteiger partial charge in [-0.1, -0.05) is 0 Å². The lowest BCUT2D eigenvalue weighted by molar-refractivity contribution is -0.114. The van der Waals surface area contributed by atoms with Crippen LogP contribution in [0.1, 0.15) is 25.5 Å². The Hall–Kier alpha value is -2.23. The molecule has 0 aromatic heterocycles. The molecule has 0 aliphatic carbocycles. The number of sulfonamides is 1. The molecule has 0 aliphatic rings. The van der Waals surface area contributed by atoms with Crippen molar-refractivity contribution in [1.82, 2.24) is 4.72 Å². The van der Waals surface area contributed by atoms with E-state index in [-0.39, 0.29) is 10.8 Å². The molecule has 1 amide bonds. The largest absolute Gasteiger partial charge is 0.497 e. The molecule has 0 heterocycles. The minimum absolute atomic E-state index is 0.0581. The molecule has 2 rings (SSSR count). The molecule has 28 heavy (non-hydrogen) atoms. The molecule has 0 unspecified atom stereocenters. The van der Waals surface area contributed by atoms with Crippen molar-refractivity contribution in [2.75, 3.05) is 25.8 Å². The number of methoxy groups -OCH3 is 2. The molecule has 1 atom stereocenters. The predicted octanol–water partition coefficient (Wildman–Crippen LogP) is 3.42. The molecule has 9 heteroatoms. The van der Waals surface area contributed by atoms with E-state index in [4.69, 9.17) is 9.47 Å². The summed E-state index contributed by atoms with van der Waals surface area (Å²) < 4.78 is 39.0. The van der Waals surface area contributed by atoms with Gasteiger partial charge < -0.3 is 14.8 Å². The third-order valence-electron chi connectivity index (χ3n) is 4.03. The van der Waals surface area contributed by atoms with Gasteiger partial charge in [-0.3, -0.25) is 4.79 Å². The molecule has 0 fully saturated rings. The number of thioether (sulfide) groups is 1. The number of benzene rings is 2. The molecule has 0 saturated heterocycles. The van der Waals surface area contributed by atoms with Crippen LogP contribution in [0.25, 0.3) is 0 Å². The van der Waals surface area contributed by atoms with Crippen LogP contribution >= 0.6 is 11.8 Å². The Balaban J connectivity index is 2.37. The van der Waals surface area contributed by atoms with Crippen molar-refractivity contribution in [3.05, 3.63) is 42.0 Å². The van der Waals surface area contributed by atoms with Crippen LogP contribution in [-0.2, 0) is 14.8 Å². The summed E-state index contributed by atoms with van der Waals surface area (Å²) in [5.41, 5.74) is 1.10. The molecule has 0 bridgehead atoms. The van der Waals surface area contributed by atoms with Crippen LogP contribution in [0.15, 0.2) is 46.2 Å². The molecule has 2 N–H and O–H groups in total. The first kappa shape index (κ1) is 22.1. The molecular formula is C19H24N2O5S2. The second-order valence-corrected chi connectivity index (χ2v) is 8.56. The first-order valence-electron chi connectivity index (χ1n) is 8.41. The van der Waals surface area contributed by atoms with Crippen molar-refractivity contribution in [1.29, 1.82) is 0 Å². The van der Waals surface area contributed by atoms with Gasteiger partial charge in [0.2, 0.25) is 15.9 Å². The van der Waals surface area contributed by atoms with Crippen molar-refractivity contribution >= 4 is 33.4 Å². The second kappa shape index (κ2) is 9.31. The van der Waals surface area contributed by atoms with Gasteiger partial charge in [-0.25, -0.2) is 13.1 Å². The van der Waals surface area contributed by atoms with Gasteiger partial charge in [0.15, 0.2) is 0 Å². The fourth-order valence-electron chi connectivity index (χ4n) is 2.68. The Kier molecular flexibility index (Phi) is 7.34. The summed E-state index contributed by atoms with van der Waals surface area (Å²) in [6.45, 7) is 3.10. The average Bonchev–Trinajstić information content (AvgIpc) is 2.66. The molecule has 152 valence electrons. The minimum atomic E-state index is -3.84. The highest BCUT2D eigenvalue weighted by molar-refractivity contribution is 7.98. The van der Waals surface area contributed by atoms with Gasteiger partial charge in [-0.15, -0.1) is 11.8 Å². The maximum absolute atomic E-state index is 12.9. The van der Waals surface area contributed by atoms with Crippen LogP contribution in [0.3, 0.4) is 0 Å². The number of anilines is 1. The van der Waals surface area contributed by atoms with Crippen molar-refractivity contribution in [3.8, 4) is 11.5 Å². The zero-order valence-corrected chi connectivity index (χ0v) is 18.0. The monoisotopic (exact) mass is 424 g/mol. The Bertz CT molecular complexity index is 961. The highest BCUT2D eigenvalue weighted by Crippen LogP contribution is 2.32. The molecule has 7 nitrogen and oxygen atoms in total. The second-order valence-electron chi connectivity index (χ2n) is 5.99. The summed E-state index contributed by atoms with van der Waals surface area (Å²) in [5.74, 6) is 0.874. The molecule has 0 saturated carbocycles. The number of rotatable bonds is 8. The van der Waals surface area contributed by atoms with E-state index < -0.39 is 16.1 Å². The number of hydrogen-bond donors (Lipinski definition) is 2. The third-order valence-corrected chi connectivity index (χ3v) is 6.36. The Labute approximate surface area is 169 Å². The average molecular weight is 425 g/mol. The predicted molar refractivity (Wildman–Crippen MR) is 111 cm³/mol. The number of carbonyl (C=O) groups excluding carboxylic acids is 1. The summed E-state index contributed by atoms with van der Waals surface area (Å²) in [5, 5.41) is 2.67. The summed E-state index contributed by atoms with van der Waals surface area (Å²) in [6, 6.07) is 9.25. The Morgan fingerprint density at radius 2 is 1.82 bits per heavy atom. The SMILES string of the molecule is COc1ccc(OC)c([C@H](C)NS(=O)(=O)c2ccc(SC)c(NC(C)=O)c2)c1. The van der Waals surface area contributed by atoms with Gasteiger partial charge >= 0.3 is 0 Å². The van der Waals surface area contributed by atoms with E-state index in [2.05, 4.69) is 10.0 Å². The van der Waals surface area contributed by atoms with Crippen LogP contribution in [0.2, 0.25) is 0 Å². The van der Waals surface area contributed by atoms with E-state index in [1.807, 2.05) is 6.26 Å². The van der Waals surface area contributed by atoms with Gasteiger partial charge in [-0.05, 0) is 49.6 Å². The van der Waals surface area contributed by atoms with Crippen LogP contribution in [0.5, 0.6) is 11.5 Å². The Morgan fingerprint density at radius 1 is 1.11 bits per heavy atom. The van der Waals surface area contributed by atoms with E-state index >= 15 is 0 Å². The number of hydrogen-bond acceptors (Lipinski definition) is 6. The van der Waals surface area contributed by atoms with Crippen molar-refractivity contribution in [2.45, 2.75) is 29.7 Å². The normalized spacial score (nSPS) is 12.3. The fourth-order valence-corrected chi connectivity index (χ4v) is 4.47. The van der Waals surface area contributed by atoms with Crippen LogP contribution < -0.4 is 19.5 Å². The van der Waals surface area contributed by atoms with Gasteiger partial charge in [0.05, 0.1) is 24.8 Å². The summed E-state index contributed by atoms with van der Waals surface area (Å²) >= 11 is 1.42.